The molecule has 3 aromatic rings. The summed E-state index contributed by atoms with van der Waals surface area (Å²) in [6.45, 7) is 7.76. The van der Waals surface area contributed by atoms with Crippen molar-refractivity contribution < 1.29 is 12.8 Å². The predicted molar refractivity (Wildman–Crippen MR) is 110 cm³/mol. The van der Waals surface area contributed by atoms with Crippen LogP contribution in [0.4, 0.5) is 4.39 Å². The zero-order valence-corrected chi connectivity index (χ0v) is 17.2. The van der Waals surface area contributed by atoms with Crippen molar-refractivity contribution >= 4 is 27.3 Å². The molecule has 0 aliphatic carbocycles. The van der Waals surface area contributed by atoms with Crippen molar-refractivity contribution in [2.24, 2.45) is 0 Å². The summed E-state index contributed by atoms with van der Waals surface area (Å²) in [5, 5.41) is 4.19. The number of alkyl halides is 1. The highest BCUT2D eigenvalue weighted by molar-refractivity contribution is 7.93. The van der Waals surface area contributed by atoms with Crippen LogP contribution in [0.2, 0.25) is 0 Å². The van der Waals surface area contributed by atoms with Gasteiger partial charge in [-0.25, -0.2) is 17.8 Å². The van der Waals surface area contributed by atoms with Gasteiger partial charge in [-0.3, -0.25) is 4.68 Å². The SMILES string of the molecule is C=CC=Cc1cnc(S(=O)(=O)C(F)c2cc(C)n(Cc3ccc(C)cc3)n2)s1. The number of thiazole rings is 1. The Balaban J connectivity index is 1.84. The van der Waals surface area contributed by atoms with Gasteiger partial charge in [0.1, 0.15) is 5.69 Å². The van der Waals surface area contributed by atoms with E-state index in [0.29, 0.717) is 17.1 Å². The number of nitrogens with zero attached hydrogens (tertiary/aromatic N) is 3. The molecule has 28 heavy (non-hydrogen) atoms. The van der Waals surface area contributed by atoms with Gasteiger partial charge in [0.15, 0.2) is 0 Å². The fraction of sp³-hybridized carbons (Fsp3) is 0.200. The number of aromatic nitrogens is 3. The van der Waals surface area contributed by atoms with Crippen LogP contribution in [0.1, 0.15) is 32.9 Å². The van der Waals surface area contributed by atoms with Crippen molar-refractivity contribution in [1.29, 1.82) is 0 Å². The first-order valence-electron chi connectivity index (χ1n) is 8.54. The van der Waals surface area contributed by atoms with Gasteiger partial charge in [-0.05, 0) is 31.6 Å². The molecule has 8 heteroatoms. The van der Waals surface area contributed by atoms with Crippen LogP contribution in [0, 0.1) is 13.8 Å². The minimum Gasteiger partial charge on any atom is -0.265 e. The van der Waals surface area contributed by atoms with Crippen molar-refractivity contribution in [2.75, 3.05) is 0 Å². The van der Waals surface area contributed by atoms with E-state index in [1.54, 1.807) is 29.8 Å². The summed E-state index contributed by atoms with van der Waals surface area (Å²) < 4.78 is 41.5. The number of rotatable bonds is 7. The first-order chi connectivity index (χ1) is 13.3. The molecule has 0 aliphatic rings. The van der Waals surface area contributed by atoms with Crippen LogP contribution < -0.4 is 0 Å². The molecule has 2 heterocycles. The second-order valence-corrected chi connectivity index (χ2v) is 9.55. The molecule has 1 unspecified atom stereocenters. The largest absolute Gasteiger partial charge is 0.265 e. The van der Waals surface area contributed by atoms with Gasteiger partial charge in [-0.15, -0.1) is 11.3 Å². The molecule has 5 nitrogen and oxygen atoms in total. The summed E-state index contributed by atoms with van der Waals surface area (Å²) in [6.07, 6.45) is 6.28. The van der Waals surface area contributed by atoms with E-state index in [1.807, 2.05) is 31.2 Å². The molecule has 0 radical (unpaired) electrons. The highest BCUT2D eigenvalue weighted by Crippen LogP contribution is 2.32. The number of hydrogen-bond acceptors (Lipinski definition) is 5. The average molecular weight is 418 g/mol. The van der Waals surface area contributed by atoms with E-state index in [-0.39, 0.29) is 10.0 Å². The lowest BCUT2D eigenvalue weighted by Gasteiger charge is -2.06. The molecule has 0 N–H and O–H groups in total. The number of aryl methyl sites for hydroxylation is 2. The van der Waals surface area contributed by atoms with E-state index in [1.165, 1.54) is 12.3 Å². The predicted octanol–water partition coefficient (Wildman–Crippen LogP) is 4.65. The normalized spacial score (nSPS) is 13.1. The number of halogens is 1. The van der Waals surface area contributed by atoms with Crippen LogP contribution in [0.3, 0.4) is 0 Å². The Kier molecular flexibility index (Phi) is 5.90. The second kappa shape index (κ2) is 8.20. The Morgan fingerprint density at radius 1 is 1.29 bits per heavy atom. The van der Waals surface area contributed by atoms with E-state index in [0.717, 1.165) is 22.5 Å². The molecule has 0 spiro atoms. The Hall–Kier alpha value is -2.58. The van der Waals surface area contributed by atoms with E-state index < -0.39 is 15.3 Å². The molecule has 0 saturated carbocycles. The molecule has 1 atom stereocenters. The molecule has 146 valence electrons. The molecule has 3 rings (SSSR count). The second-order valence-electron chi connectivity index (χ2n) is 6.34. The minimum absolute atomic E-state index is 0.136. The molecule has 0 aliphatic heterocycles. The van der Waals surface area contributed by atoms with E-state index in [4.69, 9.17) is 0 Å². The van der Waals surface area contributed by atoms with Gasteiger partial charge in [0.05, 0.1) is 6.54 Å². The molecule has 1 aromatic carbocycles. The molecular formula is C20H20FN3O2S2. The van der Waals surface area contributed by atoms with Gasteiger partial charge in [-0.1, -0.05) is 48.6 Å². The highest BCUT2D eigenvalue weighted by atomic mass is 32.2. The maximum atomic E-state index is 14.9. The number of sulfone groups is 1. The Bertz CT molecular complexity index is 1110. The van der Waals surface area contributed by atoms with Gasteiger partial charge in [0.25, 0.3) is 5.50 Å². The number of benzene rings is 1. The van der Waals surface area contributed by atoms with E-state index >= 15 is 0 Å². The van der Waals surface area contributed by atoms with Crippen molar-refractivity contribution in [3.63, 3.8) is 0 Å². The summed E-state index contributed by atoms with van der Waals surface area (Å²) in [6, 6.07) is 9.36. The summed E-state index contributed by atoms with van der Waals surface area (Å²) in [5.74, 6) is 0. The van der Waals surface area contributed by atoms with Crippen LogP contribution in [-0.4, -0.2) is 23.2 Å². The molecule has 0 bridgehead atoms. The Labute approximate surface area is 167 Å². The number of hydrogen-bond donors (Lipinski definition) is 0. The topological polar surface area (TPSA) is 64.8 Å². The third kappa shape index (κ3) is 4.28. The van der Waals surface area contributed by atoms with Crippen LogP contribution in [0.25, 0.3) is 6.08 Å². The third-order valence-corrected chi connectivity index (χ3v) is 7.18. The van der Waals surface area contributed by atoms with E-state index in [9.17, 15) is 12.8 Å². The Morgan fingerprint density at radius 3 is 2.68 bits per heavy atom. The molecule has 2 aromatic heterocycles. The lowest BCUT2D eigenvalue weighted by atomic mass is 10.1. The van der Waals surface area contributed by atoms with Crippen LogP contribution in [0.5, 0.6) is 0 Å². The summed E-state index contributed by atoms with van der Waals surface area (Å²) in [5.41, 5.74) is 0.417. The lowest BCUT2D eigenvalue weighted by molar-refractivity contribution is 0.419. The van der Waals surface area contributed by atoms with Gasteiger partial charge < -0.3 is 0 Å². The quantitative estimate of drug-likeness (QED) is 0.525. The minimum atomic E-state index is -4.27. The zero-order valence-electron chi connectivity index (χ0n) is 15.5. The van der Waals surface area contributed by atoms with Crippen LogP contribution in [-0.2, 0) is 16.4 Å². The van der Waals surface area contributed by atoms with Crippen LogP contribution in [0.15, 0.2) is 59.6 Å². The van der Waals surface area contributed by atoms with Crippen molar-refractivity contribution in [1.82, 2.24) is 14.8 Å². The van der Waals surface area contributed by atoms with Crippen molar-refractivity contribution in [3.8, 4) is 0 Å². The van der Waals surface area contributed by atoms with Gasteiger partial charge >= 0.3 is 0 Å². The van der Waals surface area contributed by atoms with Crippen molar-refractivity contribution in [3.05, 3.63) is 82.7 Å². The lowest BCUT2D eigenvalue weighted by Crippen LogP contribution is -2.11. The van der Waals surface area contributed by atoms with E-state index in [2.05, 4.69) is 16.7 Å². The third-order valence-electron chi connectivity index (χ3n) is 4.10. The molecule has 0 saturated heterocycles. The first kappa shape index (κ1) is 20.2. The maximum absolute atomic E-state index is 14.9. The fourth-order valence-corrected chi connectivity index (χ4v) is 4.94. The first-order valence-corrected chi connectivity index (χ1v) is 10.9. The standard InChI is InChI=1S/C20H20FN3O2S2/c1-4-5-6-17-12-22-20(27-17)28(25,26)19(21)18-11-15(3)24(23-18)13-16-9-7-14(2)8-10-16/h4-12,19H,1,13H2,2-3H3. The molecule has 0 amide bonds. The summed E-state index contributed by atoms with van der Waals surface area (Å²) >= 11 is 0.909. The maximum Gasteiger partial charge on any atom is 0.251 e. The van der Waals surface area contributed by atoms with Crippen LogP contribution >= 0.6 is 11.3 Å². The molecule has 0 fully saturated rings. The van der Waals surface area contributed by atoms with Crippen molar-refractivity contribution in [2.45, 2.75) is 30.2 Å². The summed E-state index contributed by atoms with van der Waals surface area (Å²) in [4.78, 5) is 4.47. The monoisotopic (exact) mass is 417 g/mol. The fourth-order valence-electron chi connectivity index (χ4n) is 2.56. The van der Waals surface area contributed by atoms with Gasteiger partial charge in [-0.2, -0.15) is 5.10 Å². The average Bonchev–Trinajstić information content (AvgIpc) is 3.29. The number of allylic oxidation sites excluding steroid dienone is 2. The van der Waals surface area contributed by atoms with Gasteiger partial charge in [0.2, 0.25) is 14.2 Å². The Morgan fingerprint density at radius 2 is 2.00 bits per heavy atom. The zero-order chi connectivity index (χ0) is 20.3. The smallest absolute Gasteiger partial charge is 0.251 e. The molecular weight excluding hydrogens is 397 g/mol. The summed E-state index contributed by atoms with van der Waals surface area (Å²) in [7, 11) is -4.27. The van der Waals surface area contributed by atoms with Gasteiger partial charge in [0, 0.05) is 16.8 Å². The highest BCUT2D eigenvalue weighted by Gasteiger charge is 2.34.